The molecular formula is C13H11FIN3O2. The molecule has 2 rings (SSSR count). The predicted molar refractivity (Wildman–Crippen MR) is 80.4 cm³/mol. The molecule has 5 nitrogen and oxygen atoms in total. The van der Waals surface area contributed by atoms with E-state index in [2.05, 4.69) is 15.3 Å². The maximum absolute atomic E-state index is 13.0. The molecule has 1 amide bonds. The number of hydrogen-bond acceptors (Lipinski definition) is 4. The van der Waals surface area contributed by atoms with Crippen molar-refractivity contribution in [2.24, 2.45) is 0 Å². The summed E-state index contributed by atoms with van der Waals surface area (Å²) in [7, 11) is 1.48. The lowest BCUT2D eigenvalue weighted by molar-refractivity contribution is 0.102. The number of amides is 1. The van der Waals surface area contributed by atoms with Gasteiger partial charge in [0.1, 0.15) is 5.82 Å². The minimum Gasteiger partial charge on any atom is -0.481 e. The van der Waals surface area contributed by atoms with Crippen LogP contribution in [0.3, 0.4) is 0 Å². The van der Waals surface area contributed by atoms with Crippen LogP contribution in [-0.2, 0) is 0 Å². The number of nitrogens with zero attached hydrogens (tertiary/aromatic N) is 2. The minimum absolute atomic E-state index is 0.145. The second-order valence-corrected chi connectivity index (χ2v) is 5.12. The molecule has 0 atom stereocenters. The fourth-order valence-electron chi connectivity index (χ4n) is 1.54. The molecule has 7 heteroatoms. The summed E-state index contributed by atoms with van der Waals surface area (Å²) in [6.45, 7) is 1.77. The number of halogens is 2. The first-order chi connectivity index (χ1) is 9.49. The number of nitrogens with one attached hydrogen (secondary N) is 1. The third kappa shape index (κ3) is 3.41. The van der Waals surface area contributed by atoms with Crippen molar-refractivity contribution in [3.8, 4) is 5.88 Å². The van der Waals surface area contributed by atoms with E-state index in [-0.39, 0.29) is 11.8 Å². The first kappa shape index (κ1) is 14.6. The molecular weight excluding hydrogens is 376 g/mol. The Hall–Kier alpha value is -1.77. The maximum Gasteiger partial charge on any atom is 0.259 e. The Bertz CT molecular complexity index is 664. The molecule has 2 aromatic rings. The Kier molecular flexibility index (Phi) is 4.48. The normalized spacial score (nSPS) is 10.2. The number of benzene rings is 1. The number of methoxy groups -OCH3 is 1. The Morgan fingerprint density at radius 2 is 2.10 bits per heavy atom. The summed E-state index contributed by atoms with van der Waals surface area (Å²) in [6.07, 6.45) is 0. The molecule has 0 saturated heterocycles. The van der Waals surface area contributed by atoms with Crippen molar-refractivity contribution in [3.05, 3.63) is 44.9 Å². The van der Waals surface area contributed by atoms with Gasteiger partial charge in [0.05, 0.1) is 12.7 Å². The van der Waals surface area contributed by atoms with Gasteiger partial charge >= 0.3 is 0 Å². The Balaban J connectivity index is 2.25. The lowest BCUT2D eigenvalue weighted by Gasteiger charge is -2.07. The van der Waals surface area contributed by atoms with Crippen LogP contribution in [-0.4, -0.2) is 23.0 Å². The topological polar surface area (TPSA) is 64.1 Å². The van der Waals surface area contributed by atoms with Crippen LogP contribution in [0.25, 0.3) is 0 Å². The van der Waals surface area contributed by atoms with Crippen LogP contribution < -0.4 is 10.1 Å². The SMILES string of the molecule is COc1cc(C)nc(NC(=O)c2ccc(F)cc2I)n1. The Morgan fingerprint density at radius 1 is 1.35 bits per heavy atom. The van der Waals surface area contributed by atoms with Gasteiger partial charge < -0.3 is 4.74 Å². The Labute approximate surface area is 128 Å². The highest BCUT2D eigenvalue weighted by Gasteiger charge is 2.13. The fourth-order valence-corrected chi connectivity index (χ4v) is 2.26. The summed E-state index contributed by atoms with van der Waals surface area (Å²) in [6, 6.07) is 5.58. The van der Waals surface area contributed by atoms with Gasteiger partial charge in [0, 0.05) is 15.3 Å². The third-order valence-electron chi connectivity index (χ3n) is 2.44. The number of hydrogen-bond donors (Lipinski definition) is 1. The molecule has 0 aliphatic carbocycles. The molecule has 0 fully saturated rings. The highest BCUT2D eigenvalue weighted by molar-refractivity contribution is 14.1. The van der Waals surface area contributed by atoms with Crippen molar-refractivity contribution in [2.75, 3.05) is 12.4 Å². The number of ether oxygens (including phenoxy) is 1. The van der Waals surface area contributed by atoms with Crippen molar-refractivity contribution < 1.29 is 13.9 Å². The van der Waals surface area contributed by atoms with Gasteiger partial charge in [-0.3, -0.25) is 10.1 Å². The van der Waals surface area contributed by atoms with E-state index in [4.69, 9.17) is 4.74 Å². The molecule has 0 bridgehead atoms. The zero-order chi connectivity index (χ0) is 14.7. The first-order valence-corrected chi connectivity index (χ1v) is 6.73. The number of rotatable bonds is 3. The number of carbonyl (C=O) groups is 1. The molecule has 0 aliphatic heterocycles. The van der Waals surface area contributed by atoms with E-state index in [0.717, 1.165) is 0 Å². The van der Waals surface area contributed by atoms with Crippen LogP contribution in [0, 0.1) is 16.3 Å². The highest BCUT2D eigenvalue weighted by Crippen LogP contribution is 2.16. The van der Waals surface area contributed by atoms with E-state index >= 15 is 0 Å². The second kappa shape index (κ2) is 6.12. The van der Waals surface area contributed by atoms with Gasteiger partial charge in [-0.25, -0.2) is 9.37 Å². The Morgan fingerprint density at radius 3 is 2.75 bits per heavy atom. The fraction of sp³-hybridized carbons (Fsp3) is 0.154. The van der Waals surface area contributed by atoms with Gasteiger partial charge in [-0.1, -0.05) is 0 Å². The molecule has 1 N–H and O–H groups in total. The first-order valence-electron chi connectivity index (χ1n) is 5.65. The second-order valence-electron chi connectivity index (χ2n) is 3.95. The van der Waals surface area contributed by atoms with E-state index < -0.39 is 5.91 Å². The molecule has 0 aliphatic rings. The number of anilines is 1. The van der Waals surface area contributed by atoms with Gasteiger partial charge in [-0.15, -0.1) is 0 Å². The van der Waals surface area contributed by atoms with E-state index in [1.54, 1.807) is 13.0 Å². The maximum atomic E-state index is 13.0. The standard InChI is InChI=1S/C13H11FIN3O2/c1-7-5-11(20-2)17-13(16-7)18-12(19)9-4-3-8(14)6-10(9)15/h3-6H,1-2H3,(H,16,17,18,19). The van der Waals surface area contributed by atoms with Crippen molar-refractivity contribution in [3.63, 3.8) is 0 Å². The van der Waals surface area contributed by atoms with Crippen LogP contribution in [0.1, 0.15) is 16.1 Å². The lowest BCUT2D eigenvalue weighted by atomic mass is 10.2. The van der Waals surface area contributed by atoms with E-state index in [0.29, 0.717) is 20.7 Å². The average Bonchev–Trinajstić information content (AvgIpc) is 2.37. The zero-order valence-electron chi connectivity index (χ0n) is 10.8. The van der Waals surface area contributed by atoms with E-state index in [9.17, 15) is 9.18 Å². The van der Waals surface area contributed by atoms with E-state index in [1.165, 1.54) is 25.3 Å². The molecule has 0 unspecified atom stereocenters. The summed E-state index contributed by atoms with van der Waals surface area (Å²) in [5, 5.41) is 2.57. The molecule has 104 valence electrons. The van der Waals surface area contributed by atoms with Gasteiger partial charge in [0.25, 0.3) is 5.91 Å². The van der Waals surface area contributed by atoms with Crippen molar-refractivity contribution in [1.29, 1.82) is 0 Å². The molecule has 20 heavy (non-hydrogen) atoms. The van der Waals surface area contributed by atoms with Gasteiger partial charge in [-0.05, 0) is 47.7 Å². The molecule has 0 saturated carbocycles. The van der Waals surface area contributed by atoms with Crippen molar-refractivity contribution >= 4 is 34.4 Å². The van der Waals surface area contributed by atoms with Gasteiger partial charge in [0.2, 0.25) is 11.8 Å². The van der Waals surface area contributed by atoms with E-state index in [1.807, 2.05) is 22.6 Å². The van der Waals surface area contributed by atoms with Crippen molar-refractivity contribution in [1.82, 2.24) is 9.97 Å². The lowest BCUT2D eigenvalue weighted by Crippen LogP contribution is -2.16. The summed E-state index contributed by atoms with van der Waals surface area (Å²) in [5.41, 5.74) is 1.03. The predicted octanol–water partition coefficient (Wildman–Crippen LogP) is 2.79. The summed E-state index contributed by atoms with van der Waals surface area (Å²) < 4.78 is 18.5. The monoisotopic (exact) mass is 387 g/mol. The number of aryl methyl sites for hydroxylation is 1. The smallest absolute Gasteiger partial charge is 0.259 e. The molecule has 0 radical (unpaired) electrons. The summed E-state index contributed by atoms with van der Waals surface area (Å²) in [4.78, 5) is 20.2. The minimum atomic E-state index is -0.401. The van der Waals surface area contributed by atoms with Crippen LogP contribution in [0.15, 0.2) is 24.3 Å². The summed E-state index contributed by atoms with van der Waals surface area (Å²) >= 11 is 1.90. The van der Waals surface area contributed by atoms with Crippen LogP contribution in [0.2, 0.25) is 0 Å². The van der Waals surface area contributed by atoms with Crippen LogP contribution >= 0.6 is 22.6 Å². The molecule has 0 spiro atoms. The van der Waals surface area contributed by atoms with Crippen LogP contribution in [0.4, 0.5) is 10.3 Å². The largest absolute Gasteiger partial charge is 0.481 e. The molecule has 1 aromatic heterocycles. The zero-order valence-corrected chi connectivity index (χ0v) is 12.9. The average molecular weight is 387 g/mol. The quantitative estimate of drug-likeness (QED) is 0.823. The third-order valence-corrected chi connectivity index (χ3v) is 3.33. The van der Waals surface area contributed by atoms with Crippen molar-refractivity contribution in [2.45, 2.75) is 6.92 Å². The van der Waals surface area contributed by atoms with Gasteiger partial charge in [0.15, 0.2) is 0 Å². The van der Waals surface area contributed by atoms with Crippen LogP contribution in [0.5, 0.6) is 5.88 Å². The number of aromatic nitrogens is 2. The van der Waals surface area contributed by atoms with Gasteiger partial charge in [-0.2, -0.15) is 4.98 Å². The highest BCUT2D eigenvalue weighted by atomic mass is 127. The summed E-state index contributed by atoms with van der Waals surface area (Å²) in [5.74, 6) is -0.282. The molecule has 1 heterocycles. The number of carbonyl (C=O) groups excluding carboxylic acids is 1. The molecule has 1 aromatic carbocycles.